The number of aliphatic hydroxyl groups excluding tert-OH is 1. The Morgan fingerprint density at radius 1 is 1.38 bits per heavy atom. The summed E-state index contributed by atoms with van der Waals surface area (Å²) in [4.78, 5) is 15.0. The molecule has 2 atom stereocenters. The van der Waals surface area contributed by atoms with Crippen LogP contribution in [0.15, 0.2) is 12.1 Å². The van der Waals surface area contributed by atoms with Crippen molar-refractivity contribution < 1.29 is 14.6 Å². The van der Waals surface area contributed by atoms with Crippen molar-refractivity contribution >= 4 is 28.4 Å². The second-order valence-corrected chi connectivity index (χ2v) is 7.81. The lowest BCUT2D eigenvalue weighted by Gasteiger charge is -2.30. The van der Waals surface area contributed by atoms with Gasteiger partial charge in [-0.2, -0.15) is 5.10 Å². The fourth-order valence-electron chi connectivity index (χ4n) is 4.48. The van der Waals surface area contributed by atoms with E-state index >= 15 is 0 Å². The number of benzene rings is 1. The molecule has 6 nitrogen and oxygen atoms in total. The van der Waals surface area contributed by atoms with E-state index < -0.39 is 0 Å². The Morgan fingerprint density at radius 2 is 2.15 bits per heavy atom. The number of fused-ring (bicyclic) bond motifs is 1. The molecule has 0 unspecified atom stereocenters. The van der Waals surface area contributed by atoms with Crippen molar-refractivity contribution in [2.75, 3.05) is 32.9 Å². The third-order valence-corrected chi connectivity index (χ3v) is 6.35. The molecule has 26 heavy (non-hydrogen) atoms. The first-order valence-corrected chi connectivity index (χ1v) is 9.59. The van der Waals surface area contributed by atoms with Crippen LogP contribution in [0.25, 0.3) is 10.9 Å². The van der Waals surface area contributed by atoms with Crippen molar-refractivity contribution in [3.05, 3.63) is 28.4 Å². The highest BCUT2D eigenvalue weighted by atomic mass is 35.5. The van der Waals surface area contributed by atoms with Gasteiger partial charge in [0.25, 0.3) is 5.91 Å². The highest BCUT2D eigenvalue weighted by molar-refractivity contribution is 6.38. The topological polar surface area (TPSA) is 78.5 Å². The van der Waals surface area contributed by atoms with Crippen molar-refractivity contribution in [2.45, 2.75) is 19.8 Å². The van der Waals surface area contributed by atoms with Gasteiger partial charge in [-0.15, -0.1) is 0 Å². The highest BCUT2D eigenvalue weighted by Gasteiger charge is 2.40. The number of hydrogen-bond donors (Lipinski definition) is 2. The van der Waals surface area contributed by atoms with E-state index in [0.29, 0.717) is 35.5 Å². The normalized spacial score (nSPS) is 24.5. The second kappa shape index (κ2) is 7.18. The number of nitrogens with zero attached hydrogens (tertiary/aromatic N) is 2. The van der Waals surface area contributed by atoms with E-state index in [4.69, 9.17) is 16.3 Å². The SMILES string of the molecule is Cc1[nH]nc2ccc(C(=O)N3C[C@@H](CO)[C@H](C4CCOCC4)C3)c(Cl)c12. The van der Waals surface area contributed by atoms with Gasteiger partial charge in [-0.3, -0.25) is 9.89 Å². The van der Waals surface area contributed by atoms with Crippen LogP contribution in [0, 0.1) is 24.7 Å². The van der Waals surface area contributed by atoms with Crippen molar-refractivity contribution in [1.29, 1.82) is 0 Å². The van der Waals surface area contributed by atoms with Gasteiger partial charge in [-0.1, -0.05) is 11.6 Å². The summed E-state index contributed by atoms with van der Waals surface area (Å²) in [6.07, 6.45) is 2.01. The third kappa shape index (κ3) is 3.00. The van der Waals surface area contributed by atoms with Crippen LogP contribution < -0.4 is 0 Å². The summed E-state index contributed by atoms with van der Waals surface area (Å²) in [5, 5.41) is 18.2. The molecule has 4 rings (SSSR count). The van der Waals surface area contributed by atoms with Crippen molar-refractivity contribution in [2.24, 2.45) is 17.8 Å². The molecule has 3 heterocycles. The number of aromatic amines is 1. The monoisotopic (exact) mass is 377 g/mol. The quantitative estimate of drug-likeness (QED) is 0.861. The highest BCUT2D eigenvalue weighted by Crippen LogP contribution is 2.37. The molecule has 2 N–H and O–H groups in total. The van der Waals surface area contributed by atoms with Gasteiger partial charge in [0.15, 0.2) is 0 Å². The first kappa shape index (κ1) is 17.8. The first-order chi connectivity index (χ1) is 12.6. The number of nitrogens with one attached hydrogen (secondary N) is 1. The van der Waals surface area contributed by atoms with Gasteiger partial charge < -0.3 is 14.7 Å². The number of rotatable bonds is 3. The predicted molar refractivity (Wildman–Crippen MR) is 99.4 cm³/mol. The number of carbonyl (C=O) groups excluding carboxylic acids is 1. The molecular formula is C19H24ClN3O3. The number of halogens is 1. The number of aromatic nitrogens is 2. The molecule has 7 heteroatoms. The Labute approximate surface area is 157 Å². The number of carbonyl (C=O) groups is 1. The molecule has 2 fully saturated rings. The molecule has 2 aliphatic heterocycles. The van der Waals surface area contributed by atoms with Crippen LogP contribution in [0.5, 0.6) is 0 Å². The van der Waals surface area contributed by atoms with E-state index in [9.17, 15) is 9.90 Å². The van der Waals surface area contributed by atoms with Gasteiger partial charge in [0.1, 0.15) is 0 Å². The smallest absolute Gasteiger partial charge is 0.255 e. The minimum atomic E-state index is -0.0643. The average molecular weight is 378 g/mol. The van der Waals surface area contributed by atoms with Gasteiger partial charge in [0, 0.05) is 49.9 Å². The lowest BCUT2D eigenvalue weighted by Crippen LogP contribution is -2.31. The lowest BCUT2D eigenvalue weighted by atomic mass is 9.80. The molecular weight excluding hydrogens is 354 g/mol. The summed E-state index contributed by atoms with van der Waals surface area (Å²) >= 11 is 6.54. The van der Waals surface area contributed by atoms with Gasteiger partial charge in [0.2, 0.25) is 0 Å². The summed E-state index contributed by atoms with van der Waals surface area (Å²) in [5.41, 5.74) is 2.13. The number of amides is 1. The number of ether oxygens (including phenoxy) is 1. The van der Waals surface area contributed by atoms with Crippen LogP contribution in [0.2, 0.25) is 5.02 Å². The minimum absolute atomic E-state index is 0.0643. The van der Waals surface area contributed by atoms with Gasteiger partial charge in [-0.05, 0) is 43.7 Å². The predicted octanol–water partition coefficient (Wildman–Crippen LogP) is 2.63. The number of likely N-dealkylation sites (tertiary alicyclic amines) is 1. The van der Waals surface area contributed by atoms with Crippen LogP contribution in [0.4, 0.5) is 0 Å². The van der Waals surface area contributed by atoms with Gasteiger partial charge >= 0.3 is 0 Å². The fraction of sp³-hybridized carbons (Fsp3) is 0.579. The van der Waals surface area contributed by atoms with Crippen LogP contribution in [-0.2, 0) is 4.74 Å². The Bertz CT molecular complexity index is 816. The summed E-state index contributed by atoms with van der Waals surface area (Å²) < 4.78 is 5.46. The molecule has 1 aromatic heterocycles. The molecule has 0 bridgehead atoms. The minimum Gasteiger partial charge on any atom is -0.396 e. The van der Waals surface area contributed by atoms with E-state index in [1.165, 1.54) is 0 Å². The number of aliphatic hydroxyl groups is 1. The number of H-pyrrole nitrogens is 1. The molecule has 0 saturated carbocycles. The Balaban J connectivity index is 1.58. The zero-order chi connectivity index (χ0) is 18.3. The van der Waals surface area contributed by atoms with Crippen molar-refractivity contribution in [1.82, 2.24) is 15.1 Å². The summed E-state index contributed by atoms with van der Waals surface area (Å²) in [7, 11) is 0. The van der Waals surface area contributed by atoms with Gasteiger partial charge in [-0.25, -0.2) is 0 Å². The first-order valence-electron chi connectivity index (χ1n) is 9.21. The molecule has 2 aromatic rings. The van der Waals surface area contributed by atoms with Crippen molar-refractivity contribution in [3.8, 4) is 0 Å². The van der Waals surface area contributed by atoms with E-state index in [0.717, 1.165) is 42.7 Å². The number of aryl methyl sites for hydroxylation is 1. The average Bonchev–Trinajstić information content (AvgIpc) is 3.26. The maximum Gasteiger partial charge on any atom is 0.255 e. The molecule has 0 aliphatic carbocycles. The fourth-order valence-corrected chi connectivity index (χ4v) is 4.87. The molecule has 0 spiro atoms. The van der Waals surface area contributed by atoms with E-state index in [2.05, 4.69) is 10.2 Å². The molecule has 0 radical (unpaired) electrons. The van der Waals surface area contributed by atoms with Crippen LogP contribution in [-0.4, -0.2) is 59.0 Å². The van der Waals surface area contributed by atoms with E-state index in [1.54, 1.807) is 6.07 Å². The summed E-state index contributed by atoms with van der Waals surface area (Å²) in [6.45, 7) is 4.81. The van der Waals surface area contributed by atoms with Crippen molar-refractivity contribution in [3.63, 3.8) is 0 Å². The molecule has 2 aliphatic rings. The van der Waals surface area contributed by atoms with Crippen LogP contribution in [0.3, 0.4) is 0 Å². The molecule has 1 aromatic carbocycles. The Kier molecular flexibility index (Phi) is 4.90. The van der Waals surface area contributed by atoms with Crippen LogP contribution in [0.1, 0.15) is 28.9 Å². The van der Waals surface area contributed by atoms with E-state index in [-0.39, 0.29) is 18.4 Å². The van der Waals surface area contributed by atoms with Crippen LogP contribution >= 0.6 is 11.6 Å². The summed E-state index contributed by atoms with van der Waals surface area (Å²) in [5.74, 6) is 0.893. The Morgan fingerprint density at radius 3 is 2.88 bits per heavy atom. The molecule has 1 amide bonds. The zero-order valence-corrected chi connectivity index (χ0v) is 15.6. The maximum absolute atomic E-state index is 13.1. The third-order valence-electron chi connectivity index (χ3n) is 5.95. The number of hydrogen-bond acceptors (Lipinski definition) is 4. The standard InChI is InChI=1S/C19H24ClN3O3/c1-11-17-16(22-21-11)3-2-14(18(17)20)19(25)23-8-13(10-24)15(9-23)12-4-6-26-7-5-12/h2-3,12-13,15,24H,4-10H2,1H3,(H,21,22)/t13-,15-/m0/s1. The van der Waals surface area contributed by atoms with E-state index in [1.807, 2.05) is 17.9 Å². The Hall–Kier alpha value is -1.63. The maximum atomic E-state index is 13.1. The second-order valence-electron chi connectivity index (χ2n) is 7.44. The lowest BCUT2D eigenvalue weighted by molar-refractivity contribution is 0.0352. The zero-order valence-electron chi connectivity index (χ0n) is 14.9. The van der Waals surface area contributed by atoms with Gasteiger partial charge in [0.05, 0.1) is 16.1 Å². The molecule has 2 saturated heterocycles. The summed E-state index contributed by atoms with van der Waals surface area (Å²) in [6, 6.07) is 3.58. The molecule has 140 valence electrons. The largest absolute Gasteiger partial charge is 0.396 e.